The summed E-state index contributed by atoms with van der Waals surface area (Å²) in [5.41, 5.74) is 3.13. The number of nitrogens with one attached hydrogen (secondary N) is 3. The number of nitrogens with zero attached hydrogens (tertiary/aromatic N) is 1. The third kappa shape index (κ3) is 8.83. The molecule has 226 valence electrons. The number of thioether (sulfide) groups is 1. The molecule has 1 aromatic heterocycles. The maximum atomic E-state index is 13.4. The highest BCUT2D eigenvalue weighted by molar-refractivity contribution is 8.00. The van der Waals surface area contributed by atoms with Crippen LogP contribution in [0.4, 0.5) is 10.8 Å². The van der Waals surface area contributed by atoms with Crippen LogP contribution in [0.1, 0.15) is 22.8 Å². The van der Waals surface area contributed by atoms with Crippen molar-refractivity contribution in [1.29, 1.82) is 0 Å². The Morgan fingerprint density at radius 3 is 2.36 bits per heavy atom. The normalized spacial score (nSPS) is 11.8. The molecule has 0 aliphatic heterocycles. The van der Waals surface area contributed by atoms with Crippen molar-refractivity contribution in [3.63, 3.8) is 0 Å². The first-order chi connectivity index (χ1) is 21.7. The molecule has 3 amide bonds. The van der Waals surface area contributed by atoms with Crippen LogP contribution in [0.15, 0.2) is 119 Å². The first-order valence-electron chi connectivity index (χ1n) is 13.7. The van der Waals surface area contributed by atoms with E-state index in [1.807, 2.05) is 29.6 Å². The lowest BCUT2D eigenvalue weighted by Gasteiger charge is -2.13. The Labute approximate surface area is 278 Å². The van der Waals surface area contributed by atoms with Crippen LogP contribution in [0.2, 0.25) is 10.0 Å². The van der Waals surface area contributed by atoms with E-state index in [1.165, 1.54) is 23.1 Å². The number of anilines is 2. The zero-order valence-electron chi connectivity index (χ0n) is 23.8. The molecule has 0 saturated heterocycles. The molecular formula is C34H26Cl2N4O3S2. The lowest BCUT2D eigenvalue weighted by Crippen LogP contribution is -2.30. The van der Waals surface area contributed by atoms with Crippen molar-refractivity contribution >= 4 is 80.9 Å². The topological polar surface area (TPSA) is 100 Å². The molecule has 0 fully saturated rings. The SMILES string of the molecule is CC(Sc1cccc(NC(=O)/C(=C/c2ccc(Cl)cc2)NC(=O)c2ccccc2)c1)C(=O)Nc1nc(-c2ccccc2Cl)cs1. The van der Waals surface area contributed by atoms with Gasteiger partial charge in [-0.2, -0.15) is 0 Å². The van der Waals surface area contributed by atoms with Gasteiger partial charge < -0.3 is 16.0 Å². The predicted molar refractivity (Wildman–Crippen MR) is 185 cm³/mol. The van der Waals surface area contributed by atoms with Crippen LogP contribution in [0.3, 0.4) is 0 Å². The zero-order valence-corrected chi connectivity index (χ0v) is 26.9. The van der Waals surface area contributed by atoms with E-state index in [-0.39, 0.29) is 11.6 Å². The van der Waals surface area contributed by atoms with Gasteiger partial charge >= 0.3 is 0 Å². The number of aromatic nitrogens is 1. The average Bonchev–Trinajstić information content (AvgIpc) is 3.50. The van der Waals surface area contributed by atoms with Gasteiger partial charge in [0.2, 0.25) is 5.91 Å². The molecule has 1 heterocycles. The van der Waals surface area contributed by atoms with Crippen molar-refractivity contribution in [2.24, 2.45) is 0 Å². The Balaban J connectivity index is 1.25. The van der Waals surface area contributed by atoms with Gasteiger partial charge in [0.1, 0.15) is 5.70 Å². The number of carbonyl (C=O) groups is 3. The fraction of sp³-hybridized carbons (Fsp3) is 0.0588. The van der Waals surface area contributed by atoms with Gasteiger partial charge in [0.05, 0.1) is 10.9 Å². The number of benzene rings is 4. The molecule has 3 N–H and O–H groups in total. The molecule has 5 aromatic rings. The maximum absolute atomic E-state index is 13.4. The van der Waals surface area contributed by atoms with Crippen LogP contribution in [-0.2, 0) is 9.59 Å². The minimum absolute atomic E-state index is 0.0524. The molecule has 0 saturated carbocycles. The molecule has 0 aliphatic rings. The summed E-state index contributed by atoms with van der Waals surface area (Å²) in [4.78, 5) is 44.6. The Hall–Kier alpha value is -4.41. The smallest absolute Gasteiger partial charge is 0.272 e. The number of thiazole rings is 1. The first kappa shape index (κ1) is 32.0. The fourth-order valence-electron chi connectivity index (χ4n) is 4.10. The van der Waals surface area contributed by atoms with Gasteiger partial charge in [0.15, 0.2) is 5.13 Å². The molecule has 0 radical (unpaired) electrons. The second kappa shape index (κ2) is 15.0. The molecule has 0 aliphatic carbocycles. The second-order valence-electron chi connectivity index (χ2n) is 9.68. The maximum Gasteiger partial charge on any atom is 0.272 e. The molecule has 1 atom stereocenters. The molecule has 1 unspecified atom stereocenters. The molecule has 11 heteroatoms. The third-order valence-corrected chi connectivity index (χ3v) is 8.80. The van der Waals surface area contributed by atoms with Gasteiger partial charge in [-0.1, -0.05) is 77.8 Å². The first-order valence-corrected chi connectivity index (χ1v) is 16.2. The lowest BCUT2D eigenvalue weighted by atomic mass is 10.1. The van der Waals surface area contributed by atoms with E-state index in [0.29, 0.717) is 37.7 Å². The Kier molecular flexibility index (Phi) is 10.7. The summed E-state index contributed by atoms with van der Waals surface area (Å²) in [7, 11) is 0. The van der Waals surface area contributed by atoms with Crippen molar-refractivity contribution < 1.29 is 14.4 Å². The lowest BCUT2D eigenvalue weighted by molar-refractivity contribution is -0.115. The number of halogens is 2. The minimum atomic E-state index is -0.514. The van der Waals surface area contributed by atoms with E-state index in [0.717, 1.165) is 10.5 Å². The van der Waals surface area contributed by atoms with Crippen LogP contribution in [0, 0.1) is 0 Å². The molecule has 0 bridgehead atoms. The molecule has 4 aromatic carbocycles. The largest absolute Gasteiger partial charge is 0.321 e. The minimum Gasteiger partial charge on any atom is -0.321 e. The summed E-state index contributed by atoms with van der Waals surface area (Å²) in [6.45, 7) is 1.79. The van der Waals surface area contributed by atoms with E-state index >= 15 is 0 Å². The summed E-state index contributed by atoms with van der Waals surface area (Å²) in [6, 6.07) is 30.1. The van der Waals surface area contributed by atoms with Crippen molar-refractivity contribution in [3.05, 3.63) is 135 Å². The van der Waals surface area contributed by atoms with Gasteiger partial charge in [-0.05, 0) is 67.1 Å². The summed E-state index contributed by atoms with van der Waals surface area (Å²) in [5, 5.41) is 11.4. The zero-order chi connectivity index (χ0) is 31.8. The average molecular weight is 674 g/mol. The van der Waals surface area contributed by atoms with E-state index in [1.54, 1.807) is 91.9 Å². The number of carbonyl (C=O) groups excluding carboxylic acids is 3. The quantitative estimate of drug-likeness (QED) is 0.102. The second-order valence-corrected chi connectivity index (χ2v) is 12.8. The van der Waals surface area contributed by atoms with Gasteiger partial charge in [-0.3, -0.25) is 14.4 Å². The summed E-state index contributed by atoms with van der Waals surface area (Å²) in [6.07, 6.45) is 1.58. The van der Waals surface area contributed by atoms with Crippen LogP contribution < -0.4 is 16.0 Å². The Morgan fingerprint density at radius 1 is 0.867 bits per heavy atom. The Morgan fingerprint density at radius 2 is 1.60 bits per heavy atom. The molecule has 0 spiro atoms. The number of hydrogen-bond acceptors (Lipinski definition) is 6. The van der Waals surface area contributed by atoms with E-state index in [9.17, 15) is 14.4 Å². The van der Waals surface area contributed by atoms with E-state index in [4.69, 9.17) is 23.2 Å². The highest BCUT2D eigenvalue weighted by Crippen LogP contribution is 2.31. The summed E-state index contributed by atoms with van der Waals surface area (Å²) >= 11 is 15.0. The van der Waals surface area contributed by atoms with Crippen LogP contribution in [0.25, 0.3) is 17.3 Å². The number of amides is 3. The summed E-state index contributed by atoms with van der Waals surface area (Å²) < 4.78 is 0. The standard InChI is InChI=1S/C34H26Cl2N4O3S2/c1-21(31(41)40-34-39-30(20-44-34)27-12-5-6-13-28(27)36)45-26-11-7-10-25(19-26)37-33(43)29(18-22-14-16-24(35)17-15-22)38-32(42)23-8-3-2-4-9-23/h2-21H,1H3,(H,37,43)(H,38,42)(H,39,40,41)/b29-18-. The molecular weight excluding hydrogens is 647 g/mol. The fourth-order valence-corrected chi connectivity index (χ4v) is 6.10. The van der Waals surface area contributed by atoms with Crippen LogP contribution >= 0.6 is 46.3 Å². The van der Waals surface area contributed by atoms with Gasteiger partial charge in [-0.25, -0.2) is 4.98 Å². The highest BCUT2D eigenvalue weighted by Gasteiger charge is 2.19. The third-order valence-electron chi connectivity index (χ3n) is 6.37. The molecule has 7 nitrogen and oxygen atoms in total. The van der Waals surface area contributed by atoms with E-state index in [2.05, 4.69) is 20.9 Å². The van der Waals surface area contributed by atoms with Crippen molar-refractivity contribution in [1.82, 2.24) is 10.3 Å². The van der Waals surface area contributed by atoms with Gasteiger partial charge in [0, 0.05) is 37.1 Å². The molecule has 45 heavy (non-hydrogen) atoms. The van der Waals surface area contributed by atoms with Crippen molar-refractivity contribution in [3.8, 4) is 11.3 Å². The van der Waals surface area contributed by atoms with Gasteiger partial charge in [0.25, 0.3) is 11.8 Å². The molecule has 5 rings (SSSR count). The van der Waals surface area contributed by atoms with Gasteiger partial charge in [-0.15, -0.1) is 23.1 Å². The van der Waals surface area contributed by atoms with Crippen molar-refractivity contribution in [2.75, 3.05) is 10.6 Å². The Bertz CT molecular complexity index is 1860. The highest BCUT2D eigenvalue weighted by atomic mass is 35.5. The van der Waals surface area contributed by atoms with E-state index < -0.39 is 17.1 Å². The van der Waals surface area contributed by atoms with Crippen molar-refractivity contribution in [2.45, 2.75) is 17.1 Å². The monoisotopic (exact) mass is 672 g/mol. The number of hydrogen-bond donors (Lipinski definition) is 3. The number of rotatable bonds is 10. The van der Waals surface area contributed by atoms with Crippen LogP contribution in [0.5, 0.6) is 0 Å². The predicted octanol–water partition coefficient (Wildman–Crippen LogP) is 8.65. The van der Waals surface area contributed by atoms with Crippen LogP contribution in [-0.4, -0.2) is 28.0 Å². The summed E-state index contributed by atoms with van der Waals surface area (Å²) in [5.74, 6) is -1.15.